The van der Waals surface area contributed by atoms with Crippen molar-refractivity contribution in [3.8, 4) is 0 Å². The molecule has 1 unspecified atom stereocenters. The molecule has 0 spiro atoms. The van der Waals surface area contributed by atoms with Crippen LogP contribution in [0.1, 0.15) is 39.5 Å². The van der Waals surface area contributed by atoms with E-state index in [9.17, 15) is 9.59 Å². The highest BCUT2D eigenvalue weighted by atomic mass is 16.6. The minimum Gasteiger partial charge on any atom is -0.364 e. The van der Waals surface area contributed by atoms with Crippen molar-refractivity contribution in [1.82, 2.24) is 0 Å². The highest BCUT2D eigenvalue weighted by Gasteiger charge is 2.68. The Kier molecular flexibility index (Phi) is 2.29. The standard InChI is InChI=1S/C19H22O3/c1-18-7-5-10(20)9-13(18)16-17(22-16)15-11-3-4-14(21)19(11,2)8-6-12(15)18/h5,7,9,11-12,15-17H,3-4,6,8H2,1-2H3/t11-,12-,15-,16?,17-,18+,19-/m0/s1. The zero-order valence-corrected chi connectivity index (χ0v) is 13.2. The number of hydrogen-bond donors (Lipinski definition) is 0. The van der Waals surface area contributed by atoms with Gasteiger partial charge in [-0.15, -0.1) is 0 Å². The van der Waals surface area contributed by atoms with Gasteiger partial charge < -0.3 is 4.74 Å². The van der Waals surface area contributed by atoms with Crippen LogP contribution in [-0.2, 0) is 14.3 Å². The number of fused-ring (bicyclic) bond motifs is 8. The number of allylic oxidation sites excluding steroid dienone is 3. The van der Waals surface area contributed by atoms with E-state index in [4.69, 9.17) is 4.74 Å². The van der Waals surface area contributed by atoms with E-state index < -0.39 is 0 Å². The Hall–Kier alpha value is -1.22. The minimum absolute atomic E-state index is 0.0524. The number of ether oxygens (including phenoxy) is 1. The van der Waals surface area contributed by atoms with Gasteiger partial charge in [-0.25, -0.2) is 0 Å². The fourth-order valence-electron chi connectivity index (χ4n) is 6.23. The summed E-state index contributed by atoms with van der Waals surface area (Å²) in [6, 6.07) is 0. The zero-order chi connectivity index (χ0) is 15.3. The van der Waals surface area contributed by atoms with Crippen LogP contribution in [0.5, 0.6) is 0 Å². The Balaban J connectivity index is 1.60. The predicted molar refractivity (Wildman–Crippen MR) is 81.1 cm³/mol. The maximum Gasteiger partial charge on any atom is 0.178 e. The Morgan fingerprint density at radius 2 is 2.00 bits per heavy atom. The Bertz CT molecular complexity index is 660. The SMILES string of the molecule is C[C@]12C=CC(=O)C=C1C1O[C@H]1[C@@H]1[C@@H]2CC[C@]2(C)C(=O)CC[C@@H]12. The number of carbonyl (C=O) groups excluding carboxylic acids is 2. The van der Waals surface area contributed by atoms with Gasteiger partial charge in [0.05, 0.1) is 6.10 Å². The van der Waals surface area contributed by atoms with E-state index in [1.54, 1.807) is 6.08 Å². The number of Topliss-reactive ketones (excluding diaryl/α,β-unsaturated/α-hetero) is 1. The second-order valence-corrected chi connectivity index (χ2v) is 8.35. The molecule has 0 aromatic rings. The molecule has 116 valence electrons. The summed E-state index contributed by atoms with van der Waals surface area (Å²) in [6.07, 6.45) is 9.89. The number of rotatable bonds is 0. The third-order valence-corrected chi connectivity index (χ3v) is 7.54. The summed E-state index contributed by atoms with van der Waals surface area (Å²) in [6.45, 7) is 4.46. The van der Waals surface area contributed by atoms with Crippen LogP contribution < -0.4 is 0 Å². The van der Waals surface area contributed by atoms with Gasteiger partial charge in [-0.2, -0.15) is 0 Å². The lowest BCUT2D eigenvalue weighted by molar-refractivity contribution is -0.131. The van der Waals surface area contributed by atoms with Crippen LogP contribution in [0.2, 0.25) is 0 Å². The first-order valence-corrected chi connectivity index (χ1v) is 8.59. The number of hydrogen-bond acceptors (Lipinski definition) is 3. The zero-order valence-electron chi connectivity index (χ0n) is 13.2. The van der Waals surface area contributed by atoms with Crippen molar-refractivity contribution in [3.05, 3.63) is 23.8 Å². The Morgan fingerprint density at radius 1 is 1.18 bits per heavy atom. The molecule has 1 aliphatic heterocycles. The van der Waals surface area contributed by atoms with E-state index in [2.05, 4.69) is 19.9 Å². The van der Waals surface area contributed by atoms with Crippen molar-refractivity contribution in [3.63, 3.8) is 0 Å². The fraction of sp³-hybridized carbons (Fsp3) is 0.684. The van der Waals surface area contributed by atoms with Gasteiger partial charge in [0.2, 0.25) is 0 Å². The van der Waals surface area contributed by atoms with Crippen molar-refractivity contribution in [2.75, 3.05) is 0 Å². The quantitative estimate of drug-likeness (QED) is 0.646. The van der Waals surface area contributed by atoms with Crippen molar-refractivity contribution < 1.29 is 14.3 Å². The van der Waals surface area contributed by atoms with Gasteiger partial charge in [-0.3, -0.25) is 9.59 Å². The molecule has 5 rings (SSSR count). The summed E-state index contributed by atoms with van der Waals surface area (Å²) in [4.78, 5) is 24.2. The van der Waals surface area contributed by atoms with Gasteiger partial charge in [0.1, 0.15) is 11.9 Å². The summed E-state index contributed by atoms with van der Waals surface area (Å²) >= 11 is 0. The molecule has 0 aromatic heterocycles. The summed E-state index contributed by atoms with van der Waals surface area (Å²) in [7, 11) is 0. The van der Waals surface area contributed by atoms with E-state index in [1.807, 2.05) is 6.08 Å². The van der Waals surface area contributed by atoms with Gasteiger partial charge in [0.25, 0.3) is 0 Å². The molecular weight excluding hydrogens is 276 g/mol. The molecule has 0 radical (unpaired) electrons. The molecule has 7 atom stereocenters. The van der Waals surface area contributed by atoms with Crippen LogP contribution in [0.4, 0.5) is 0 Å². The van der Waals surface area contributed by atoms with Gasteiger partial charge in [-0.1, -0.05) is 19.9 Å². The van der Waals surface area contributed by atoms with Crippen LogP contribution in [0.15, 0.2) is 23.8 Å². The monoisotopic (exact) mass is 298 g/mol. The van der Waals surface area contributed by atoms with E-state index in [0.717, 1.165) is 25.7 Å². The minimum atomic E-state index is -0.122. The largest absolute Gasteiger partial charge is 0.364 e. The molecule has 0 N–H and O–H groups in total. The highest BCUT2D eigenvalue weighted by Crippen LogP contribution is 2.67. The third-order valence-electron chi connectivity index (χ3n) is 7.54. The van der Waals surface area contributed by atoms with Crippen LogP contribution in [0.3, 0.4) is 0 Å². The third kappa shape index (κ3) is 1.37. The average Bonchev–Trinajstić information content (AvgIpc) is 3.22. The normalized spacial score (nSPS) is 55.0. The topological polar surface area (TPSA) is 46.7 Å². The molecule has 3 heteroatoms. The molecule has 4 fully saturated rings. The van der Waals surface area contributed by atoms with Gasteiger partial charge in [-0.05, 0) is 54.7 Å². The van der Waals surface area contributed by atoms with Crippen LogP contribution in [0, 0.1) is 28.6 Å². The lowest BCUT2D eigenvalue weighted by atomic mass is 9.48. The summed E-state index contributed by atoms with van der Waals surface area (Å²) in [5.41, 5.74) is 1.02. The maximum absolute atomic E-state index is 12.4. The van der Waals surface area contributed by atoms with Crippen LogP contribution in [0.25, 0.3) is 0 Å². The molecule has 22 heavy (non-hydrogen) atoms. The lowest BCUT2D eigenvalue weighted by Crippen LogP contribution is -2.52. The van der Waals surface area contributed by atoms with E-state index in [1.165, 1.54) is 5.57 Å². The van der Waals surface area contributed by atoms with Crippen molar-refractivity contribution >= 4 is 11.6 Å². The smallest absolute Gasteiger partial charge is 0.178 e. The fourth-order valence-corrected chi connectivity index (χ4v) is 6.23. The molecule has 3 nitrogen and oxygen atoms in total. The summed E-state index contributed by atoms with van der Waals surface area (Å²) < 4.78 is 6.05. The first-order valence-electron chi connectivity index (χ1n) is 8.59. The predicted octanol–water partition coefficient (Wildman–Crippen LogP) is 2.85. The highest BCUT2D eigenvalue weighted by molar-refractivity contribution is 6.01. The van der Waals surface area contributed by atoms with Crippen molar-refractivity contribution in [2.24, 2.45) is 28.6 Å². The van der Waals surface area contributed by atoms with Gasteiger partial charge in [0, 0.05) is 17.3 Å². The second-order valence-electron chi connectivity index (χ2n) is 8.35. The first kappa shape index (κ1) is 13.2. The maximum atomic E-state index is 12.4. The molecular formula is C19H22O3. The van der Waals surface area contributed by atoms with E-state index in [0.29, 0.717) is 23.5 Å². The van der Waals surface area contributed by atoms with Crippen LogP contribution in [-0.4, -0.2) is 23.8 Å². The van der Waals surface area contributed by atoms with Crippen molar-refractivity contribution in [1.29, 1.82) is 0 Å². The molecule has 4 aliphatic carbocycles. The number of carbonyl (C=O) groups is 2. The van der Waals surface area contributed by atoms with Crippen LogP contribution >= 0.6 is 0 Å². The Morgan fingerprint density at radius 3 is 2.82 bits per heavy atom. The summed E-state index contributed by atoms with van der Waals surface area (Å²) in [5, 5.41) is 0. The molecule has 1 heterocycles. The second kappa shape index (κ2) is 3.81. The molecule has 0 aromatic carbocycles. The lowest BCUT2D eigenvalue weighted by Gasteiger charge is -2.53. The van der Waals surface area contributed by atoms with E-state index >= 15 is 0 Å². The molecule has 0 bridgehead atoms. The molecule has 0 amide bonds. The average molecular weight is 298 g/mol. The van der Waals surface area contributed by atoms with Gasteiger partial charge >= 0.3 is 0 Å². The molecule has 3 saturated carbocycles. The first-order chi connectivity index (χ1) is 10.4. The number of epoxide rings is 1. The molecule has 5 aliphatic rings. The molecule has 1 saturated heterocycles. The van der Waals surface area contributed by atoms with Gasteiger partial charge in [0.15, 0.2) is 5.78 Å². The summed E-state index contributed by atoms with van der Waals surface area (Å²) in [5.74, 6) is 2.02. The van der Waals surface area contributed by atoms with E-state index in [-0.39, 0.29) is 28.8 Å². The van der Waals surface area contributed by atoms with Crippen molar-refractivity contribution in [2.45, 2.75) is 51.7 Å². The number of ketones is 2. The Labute approximate surface area is 130 Å².